The van der Waals surface area contributed by atoms with Crippen LogP contribution in [0.3, 0.4) is 0 Å². The van der Waals surface area contributed by atoms with Gasteiger partial charge in [0, 0.05) is 12.7 Å². The summed E-state index contributed by atoms with van der Waals surface area (Å²) in [5.74, 6) is 0.761. The lowest BCUT2D eigenvalue weighted by molar-refractivity contribution is -0.134. The molecule has 1 aromatic rings. The molecule has 7 nitrogen and oxygen atoms in total. The summed E-state index contributed by atoms with van der Waals surface area (Å²) >= 11 is 1.65. The third kappa shape index (κ3) is 4.89. The monoisotopic (exact) mass is 339 g/mol. The molecule has 0 spiro atoms. The summed E-state index contributed by atoms with van der Waals surface area (Å²) < 4.78 is 1.88. The first-order chi connectivity index (χ1) is 11.0. The summed E-state index contributed by atoms with van der Waals surface area (Å²) in [5.41, 5.74) is 6.33. The number of amides is 3. The summed E-state index contributed by atoms with van der Waals surface area (Å²) in [5, 5.41) is 6.89. The van der Waals surface area contributed by atoms with Gasteiger partial charge in [-0.3, -0.25) is 9.48 Å². The number of aromatic nitrogens is 2. The zero-order valence-corrected chi connectivity index (χ0v) is 14.5. The molecule has 2 rings (SSSR count). The van der Waals surface area contributed by atoms with Crippen molar-refractivity contribution >= 4 is 23.7 Å². The Bertz CT molecular complexity index is 548. The zero-order valence-electron chi connectivity index (χ0n) is 13.7. The van der Waals surface area contributed by atoms with Crippen molar-refractivity contribution in [2.24, 2.45) is 5.73 Å². The highest BCUT2D eigenvalue weighted by molar-refractivity contribution is 7.98. The fourth-order valence-electron chi connectivity index (χ4n) is 2.96. The van der Waals surface area contributed by atoms with Gasteiger partial charge in [0.1, 0.15) is 6.04 Å². The quantitative estimate of drug-likeness (QED) is 0.774. The molecule has 1 aliphatic heterocycles. The van der Waals surface area contributed by atoms with Crippen molar-refractivity contribution < 1.29 is 9.59 Å². The van der Waals surface area contributed by atoms with Gasteiger partial charge in [0.05, 0.1) is 18.8 Å². The lowest BCUT2D eigenvalue weighted by atomic mass is 10.1. The number of hydrogen-bond donors (Lipinski definition) is 2. The van der Waals surface area contributed by atoms with Crippen LogP contribution < -0.4 is 11.1 Å². The predicted molar refractivity (Wildman–Crippen MR) is 91.2 cm³/mol. The number of nitrogens with two attached hydrogens (primary N) is 1. The van der Waals surface area contributed by atoms with Gasteiger partial charge in [-0.1, -0.05) is 0 Å². The van der Waals surface area contributed by atoms with Crippen LogP contribution in [0.25, 0.3) is 0 Å². The van der Waals surface area contributed by atoms with Crippen molar-refractivity contribution in [1.29, 1.82) is 0 Å². The summed E-state index contributed by atoms with van der Waals surface area (Å²) in [6.07, 6.45) is 8.29. The molecule has 2 heterocycles. The number of aryl methyl sites for hydroxylation is 1. The first-order valence-corrected chi connectivity index (χ1v) is 9.25. The number of carbonyl (C=O) groups excluding carboxylic acids is 2. The largest absolute Gasteiger partial charge is 0.352 e. The number of urea groups is 1. The average Bonchev–Trinajstić information content (AvgIpc) is 3.12. The van der Waals surface area contributed by atoms with Crippen LogP contribution in [0.5, 0.6) is 0 Å². The molecular formula is C15H25N5O2S. The maximum absolute atomic E-state index is 12.8. The van der Waals surface area contributed by atoms with Crippen LogP contribution in [0.4, 0.5) is 4.79 Å². The molecule has 1 aliphatic rings. The lowest BCUT2D eigenvalue weighted by Gasteiger charge is -2.29. The smallest absolute Gasteiger partial charge is 0.312 e. The van der Waals surface area contributed by atoms with Crippen molar-refractivity contribution in [3.8, 4) is 0 Å². The molecule has 0 saturated carbocycles. The molecule has 0 radical (unpaired) electrons. The minimum atomic E-state index is -0.650. The summed E-state index contributed by atoms with van der Waals surface area (Å²) in [7, 11) is 0. The van der Waals surface area contributed by atoms with E-state index in [2.05, 4.69) is 10.4 Å². The van der Waals surface area contributed by atoms with E-state index in [0.29, 0.717) is 13.0 Å². The Kier molecular flexibility index (Phi) is 6.32. The maximum atomic E-state index is 12.8. The first kappa shape index (κ1) is 17.7. The van der Waals surface area contributed by atoms with Gasteiger partial charge in [0.25, 0.3) is 0 Å². The minimum Gasteiger partial charge on any atom is -0.352 e. The third-order valence-corrected chi connectivity index (χ3v) is 4.69. The Morgan fingerprint density at radius 1 is 1.57 bits per heavy atom. The summed E-state index contributed by atoms with van der Waals surface area (Å²) in [6, 6.07) is -1.07. The number of nitrogens with zero attached hydrogens (tertiary/aromatic N) is 3. The molecule has 3 amide bonds. The number of nitrogens with one attached hydrogen (secondary N) is 1. The lowest BCUT2D eigenvalue weighted by Crippen LogP contribution is -2.52. The van der Waals surface area contributed by atoms with Crippen LogP contribution in [0.1, 0.15) is 24.8 Å². The SMILES string of the molecule is CSCC[C@@H](NC(N)=O)C(=O)N1CCC[C@H]1Cn1cc(C)cn1. The van der Waals surface area contributed by atoms with E-state index in [4.69, 9.17) is 5.73 Å². The Balaban J connectivity index is 2.03. The molecule has 3 N–H and O–H groups in total. The van der Waals surface area contributed by atoms with Crippen LogP contribution in [0, 0.1) is 6.92 Å². The molecule has 1 saturated heterocycles. The molecule has 1 fully saturated rings. The Morgan fingerprint density at radius 2 is 2.35 bits per heavy atom. The van der Waals surface area contributed by atoms with Gasteiger partial charge in [-0.05, 0) is 43.8 Å². The van der Waals surface area contributed by atoms with E-state index in [0.717, 1.165) is 30.7 Å². The molecule has 0 bridgehead atoms. The normalized spacial score (nSPS) is 18.9. The molecule has 0 aliphatic carbocycles. The van der Waals surface area contributed by atoms with E-state index in [9.17, 15) is 9.59 Å². The number of carbonyl (C=O) groups is 2. The van der Waals surface area contributed by atoms with Crippen molar-refractivity contribution in [2.75, 3.05) is 18.6 Å². The van der Waals surface area contributed by atoms with Crippen molar-refractivity contribution in [3.63, 3.8) is 0 Å². The van der Waals surface area contributed by atoms with Crippen LogP contribution >= 0.6 is 11.8 Å². The minimum absolute atomic E-state index is 0.0378. The maximum Gasteiger partial charge on any atom is 0.312 e. The summed E-state index contributed by atoms with van der Waals surface area (Å²) in [4.78, 5) is 25.9. The third-order valence-electron chi connectivity index (χ3n) is 4.05. The molecule has 1 aromatic heterocycles. The topological polar surface area (TPSA) is 93.2 Å². The van der Waals surface area contributed by atoms with Gasteiger partial charge in [0.15, 0.2) is 0 Å². The van der Waals surface area contributed by atoms with Crippen LogP contribution in [-0.4, -0.2) is 57.3 Å². The second-order valence-electron chi connectivity index (χ2n) is 5.91. The second kappa shape index (κ2) is 8.24. The number of thioether (sulfide) groups is 1. The van der Waals surface area contributed by atoms with Crippen LogP contribution in [0.15, 0.2) is 12.4 Å². The molecule has 128 valence electrons. The second-order valence-corrected chi connectivity index (χ2v) is 6.90. The van der Waals surface area contributed by atoms with Crippen LogP contribution in [-0.2, 0) is 11.3 Å². The van der Waals surface area contributed by atoms with E-state index in [1.165, 1.54) is 0 Å². The number of primary amides is 1. The molecular weight excluding hydrogens is 314 g/mol. The molecule has 0 unspecified atom stereocenters. The number of likely N-dealkylation sites (tertiary alicyclic amines) is 1. The van der Waals surface area contributed by atoms with E-state index in [1.807, 2.05) is 35.2 Å². The van der Waals surface area contributed by atoms with E-state index in [1.54, 1.807) is 11.8 Å². The highest BCUT2D eigenvalue weighted by atomic mass is 32.2. The van der Waals surface area contributed by atoms with E-state index >= 15 is 0 Å². The number of rotatable bonds is 7. The Morgan fingerprint density at radius 3 is 2.96 bits per heavy atom. The van der Waals surface area contributed by atoms with Crippen molar-refractivity contribution in [2.45, 2.75) is 44.8 Å². The summed E-state index contributed by atoms with van der Waals surface area (Å²) in [6.45, 7) is 3.40. The fourth-order valence-corrected chi connectivity index (χ4v) is 3.43. The number of hydrogen-bond acceptors (Lipinski definition) is 4. The fraction of sp³-hybridized carbons (Fsp3) is 0.667. The Hall–Kier alpha value is -1.70. The van der Waals surface area contributed by atoms with Gasteiger partial charge < -0.3 is 16.0 Å². The zero-order chi connectivity index (χ0) is 16.8. The van der Waals surface area contributed by atoms with E-state index < -0.39 is 12.1 Å². The van der Waals surface area contributed by atoms with Crippen LogP contribution in [0.2, 0.25) is 0 Å². The standard InChI is InChI=1S/C15H25N5O2S/c1-11-8-17-19(9-11)10-12-4-3-6-20(12)14(21)13(5-7-23-2)18-15(16)22/h8-9,12-13H,3-7,10H2,1-2H3,(H3,16,18,22)/t12-,13+/m0/s1. The van der Waals surface area contributed by atoms with Gasteiger partial charge >= 0.3 is 6.03 Å². The molecule has 2 atom stereocenters. The van der Waals surface area contributed by atoms with Crippen molar-refractivity contribution in [3.05, 3.63) is 18.0 Å². The van der Waals surface area contributed by atoms with Gasteiger partial charge in [-0.15, -0.1) is 0 Å². The van der Waals surface area contributed by atoms with Crippen molar-refractivity contribution in [1.82, 2.24) is 20.0 Å². The predicted octanol–water partition coefficient (Wildman–Crippen LogP) is 0.973. The Labute approximate surface area is 141 Å². The molecule has 8 heteroatoms. The highest BCUT2D eigenvalue weighted by Crippen LogP contribution is 2.21. The van der Waals surface area contributed by atoms with Gasteiger partial charge in [-0.25, -0.2) is 4.79 Å². The van der Waals surface area contributed by atoms with E-state index in [-0.39, 0.29) is 11.9 Å². The van der Waals surface area contributed by atoms with Gasteiger partial charge in [0.2, 0.25) is 5.91 Å². The molecule has 0 aromatic carbocycles. The average molecular weight is 339 g/mol. The highest BCUT2D eigenvalue weighted by Gasteiger charge is 2.33. The molecule has 23 heavy (non-hydrogen) atoms. The van der Waals surface area contributed by atoms with Gasteiger partial charge in [-0.2, -0.15) is 16.9 Å². The first-order valence-electron chi connectivity index (χ1n) is 7.85.